The first kappa shape index (κ1) is 24.3. The van der Waals surface area contributed by atoms with Crippen LogP contribution in [-0.2, 0) is 0 Å². The number of benzene rings is 3. The number of ketones is 1. The minimum atomic E-state index is -0.581. The van der Waals surface area contributed by atoms with E-state index in [4.69, 9.17) is 16.3 Å². The van der Waals surface area contributed by atoms with Crippen molar-refractivity contribution in [3.05, 3.63) is 94.0 Å². The smallest absolute Gasteiger partial charge is 0.193 e. The summed E-state index contributed by atoms with van der Waals surface area (Å²) in [6.07, 6.45) is -0.581. The molecule has 0 spiro atoms. The molecule has 1 heterocycles. The fraction of sp³-hybridized carbons (Fsp3) is 0.321. The molecule has 1 N–H and O–H groups in total. The Balaban J connectivity index is 1.22. The maximum Gasteiger partial charge on any atom is 0.193 e. The van der Waals surface area contributed by atoms with Gasteiger partial charge in [-0.3, -0.25) is 9.69 Å². The third kappa shape index (κ3) is 6.17. The molecule has 0 radical (unpaired) electrons. The molecule has 0 amide bonds. The molecular weight excluding hydrogens is 448 g/mol. The van der Waals surface area contributed by atoms with Gasteiger partial charge >= 0.3 is 0 Å². The van der Waals surface area contributed by atoms with Crippen LogP contribution < -0.4 is 9.64 Å². The summed E-state index contributed by atoms with van der Waals surface area (Å²) in [5, 5.41) is 11.1. The maximum absolute atomic E-state index is 12.6. The van der Waals surface area contributed by atoms with Crippen LogP contribution >= 0.6 is 11.6 Å². The number of aliphatic hydroxyl groups is 1. The number of rotatable bonds is 8. The van der Waals surface area contributed by atoms with Crippen molar-refractivity contribution < 1.29 is 14.6 Å². The number of hydrogen-bond donors (Lipinski definition) is 1. The largest absolute Gasteiger partial charge is 0.491 e. The molecule has 0 saturated carbocycles. The summed E-state index contributed by atoms with van der Waals surface area (Å²) in [6.45, 7) is 8.78. The van der Waals surface area contributed by atoms with E-state index >= 15 is 0 Å². The highest BCUT2D eigenvalue weighted by Gasteiger charge is 2.20. The SMILES string of the molecule is Cc1ccc(N2CCN(C[C@H](O)COc3ccc(C(=O)c4ccc(Cl)cc4)cc3)CC2)c(C)c1. The van der Waals surface area contributed by atoms with E-state index in [1.165, 1.54) is 16.8 Å². The topological polar surface area (TPSA) is 53.0 Å². The average molecular weight is 479 g/mol. The summed E-state index contributed by atoms with van der Waals surface area (Å²) in [7, 11) is 0. The van der Waals surface area contributed by atoms with Crippen LogP contribution in [0.3, 0.4) is 0 Å². The van der Waals surface area contributed by atoms with E-state index in [-0.39, 0.29) is 12.4 Å². The molecular formula is C28H31ClN2O3. The van der Waals surface area contributed by atoms with Crippen LogP contribution in [0.15, 0.2) is 66.7 Å². The fourth-order valence-corrected chi connectivity index (χ4v) is 4.47. The number of carbonyl (C=O) groups excluding carboxylic acids is 1. The lowest BCUT2D eigenvalue weighted by atomic mass is 10.0. The van der Waals surface area contributed by atoms with E-state index < -0.39 is 6.10 Å². The van der Waals surface area contributed by atoms with Crippen LogP contribution in [0.1, 0.15) is 27.0 Å². The first-order valence-electron chi connectivity index (χ1n) is 11.6. The first-order chi connectivity index (χ1) is 16.4. The van der Waals surface area contributed by atoms with E-state index in [1.54, 1.807) is 48.5 Å². The van der Waals surface area contributed by atoms with Gasteiger partial charge in [0.15, 0.2) is 5.78 Å². The predicted molar refractivity (Wildman–Crippen MR) is 137 cm³/mol. The van der Waals surface area contributed by atoms with Gasteiger partial charge in [-0.1, -0.05) is 29.3 Å². The Kier molecular flexibility index (Phi) is 7.88. The van der Waals surface area contributed by atoms with E-state index in [1.807, 2.05) is 0 Å². The zero-order valence-corrected chi connectivity index (χ0v) is 20.5. The maximum atomic E-state index is 12.6. The van der Waals surface area contributed by atoms with Gasteiger partial charge in [0.05, 0.1) is 0 Å². The first-order valence-corrected chi connectivity index (χ1v) is 12.0. The van der Waals surface area contributed by atoms with E-state index in [2.05, 4.69) is 41.8 Å². The van der Waals surface area contributed by atoms with Crippen molar-refractivity contribution in [2.24, 2.45) is 0 Å². The molecule has 0 unspecified atom stereocenters. The molecule has 0 bridgehead atoms. The number of aliphatic hydroxyl groups excluding tert-OH is 1. The lowest BCUT2D eigenvalue weighted by molar-refractivity contribution is 0.0663. The van der Waals surface area contributed by atoms with E-state index in [9.17, 15) is 9.90 Å². The third-order valence-electron chi connectivity index (χ3n) is 6.20. The number of anilines is 1. The summed E-state index contributed by atoms with van der Waals surface area (Å²) in [5.41, 5.74) is 5.06. The summed E-state index contributed by atoms with van der Waals surface area (Å²) in [6, 6.07) is 20.4. The Labute approximate surface area is 206 Å². The van der Waals surface area contributed by atoms with Crippen LogP contribution in [-0.4, -0.2) is 61.2 Å². The van der Waals surface area contributed by atoms with Gasteiger partial charge in [-0.25, -0.2) is 0 Å². The van der Waals surface area contributed by atoms with Crippen molar-refractivity contribution in [3.63, 3.8) is 0 Å². The second kappa shape index (κ2) is 11.0. The van der Waals surface area contributed by atoms with Crippen molar-refractivity contribution in [1.82, 2.24) is 4.90 Å². The van der Waals surface area contributed by atoms with E-state index in [0.717, 1.165) is 26.2 Å². The minimum absolute atomic E-state index is 0.0665. The molecule has 1 saturated heterocycles. The van der Waals surface area contributed by atoms with Gasteiger partial charge in [0.25, 0.3) is 0 Å². The third-order valence-corrected chi connectivity index (χ3v) is 6.45. The van der Waals surface area contributed by atoms with Crippen LogP contribution in [0.4, 0.5) is 5.69 Å². The standard InChI is InChI=1S/C28H31ClN2O3/c1-20-3-12-27(21(2)17-20)31-15-13-30(14-16-31)18-25(32)19-34-26-10-6-23(7-11-26)28(33)22-4-8-24(29)9-5-22/h3-12,17,25,32H,13-16,18-19H2,1-2H3/t25-/m0/s1. The van der Waals surface area contributed by atoms with Crippen molar-refractivity contribution in [1.29, 1.82) is 0 Å². The van der Waals surface area contributed by atoms with Crippen LogP contribution in [0.2, 0.25) is 5.02 Å². The van der Waals surface area contributed by atoms with Crippen LogP contribution in [0, 0.1) is 13.8 Å². The summed E-state index contributed by atoms with van der Waals surface area (Å²) >= 11 is 5.89. The molecule has 3 aromatic rings. The van der Waals surface area contributed by atoms with Gasteiger partial charge in [0, 0.05) is 54.6 Å². The Morgan fingerprint density at radius 3 is 2.18 bits per heavy atom. The fourth-order valence-electron chi connectivity index (χ4n) is 4.35. The summed E-state index contributed by atoms with van der Waals surface area (Å²) in [4.78, 5) is 17.3. The average Bonchev–Trinajstić information content (AvgIpc) is 2.84. The molecule has 0 aliphatic carbocycles. The highest BCUT2D eigenvalue weighted by molar-refractivity contribution is 6.30. The van der Waals surface area contributed by atoms with Crippen molar-refractivity contribution >= 4 is 23.1 Å². The predicted octanol–water partition coefficient (Wildman–Crippen LogP) is 4.75. The zero-order chi connectivity index (χ0) is 24.1. The normalized spacial score (nSPS) is 15.2. The Morgan fingerprint density at radius 1 is 0.941 bits per heavy atom. The van der Waals surface area contributed by atoms with Gasteiger partial charge < -0.3 is 14.7 Å². The Hall–Kier alpha value is -2.86. The molecule has 34 heavy (non-hydrogen) atoms. The highest BCUT2D eigenvalue weighted by atomic mass is 35.5. The summed E-state index contributed by atoms with van der Waals surface area (Å²) in [5.74, 6) is 0.564. The second-order valence-corrected chi connectivity index (χ2v) is 9.34. The second-order valence-electron chi connectivity index (χ2n) is 8.90. The number of aryl methyl sites for hydroxylation is 2. The van der Waals surface area contributed by atoms with Crippen LogP contribution in [0.25, 0.3) is 0 Å². The number of ether oxygens (including phenoxy) is 1. The molecule has 1 aliphatic heterocycles. The van der Waals surface area contributed by atoms with Gasteiger partial charge in [0.1, 0.15) is 18.5 Å². The molecule has 1 fully saturated rings. The molecule has 1 atom stereocenters. The number of piperazine rings is 1. The van der Waals surface area contributed by atoms with E-state index in [0.29, 0.717) is 28.4 Å². The van der Waals surface area contributed by atoms with Gasteiger partial charge in [0.2, 0.25) is 0 Å². The molecule has 4 rings (SSSR count). The molecule has 5 nitrogen and oxygen atoms in total. The Bertz CT molecular complexity index is 1110. The monoisotopic (exact) mass is 478 g/mol. The van der Waals surface area contributed by atoms with Gasteiger partial charge in [-0.15, -0.1) is 0 Å². The minimum Gasteiger partial charge on any atom is -0.491 e. The zero-order valence-electron chi connectivity index (χ0n) is 19.7. The quantitative estimate of drug-likeness (QED) is 0.473. The number of hydrogen-bond acceptors (Lipinski definition) is 5. The lowest BCUT2D eigenvalue weighted by Crippen LogP contribution is -2.49. The van der Waals surface area contributed by atoms with Gasteiger partial charge in [-0.05, 0) is 74.0 Å². The Morgan fingerprint density at radius 2 is 1.56 bits per heavy atom. The molecule has 178 valence electrons. The van der Waals surface area contributed by atoms with Crippen molar-refractivity contribution in [2.45, 2.75) is 20.0 Å². The highest BCUT2D eigenvalue weighted by Crippen LogP contribution is 2.23. The molecule has 3 aromatic carbocycles. The summed E-state index contributed by atoms with van der Waals surface area (Å²) < 4.78 is 5.77. The molecule has 1 aliphatic rings. The number of halogens is 1. The lowest BCUT2D eigenvalue weighted by Gasteiger charge is -2.37. The number of nitrogens with zero attached hydrogens (tertiary/aromatic N) is 2. The number of carbonyl (C=O) groups is 1. The van der Waals surface area contributed by atoms with Crippen molar-refractivity contribution in [3.8, 4) is 5.75 Å². The molecule has 6 heteroatoms. The van der Waals surface area contributed by atoms with Gasteiger partial charge in [-0.2, -0.15) is 0 Å². The van der Waals surface area contributed by atoms with Crippen molar-refractivity contribution in [2.75, 3.05) is 44.2 Å². The molecule has 0 aromatic heterocycles. The number of β-amino-alcohol motifs (C(OH)–C–C–N with tert-alkyl or cyclic N) is 1. The van der Waals surface area contributed by atoms with Crippen LogP contribution in [0.5, 0.6) is 5.75 Å².